The minimum absolute atomic E-state index is 0.618. The molecule has 0 spiro atoms. The molecule has 2 heterocycles. The van der Waals surface area contributed by atoms with Crippen LogP contribution in [0.25, 0.3) is 0 Å². The Labute approximate surface area is 77.4 Å². The van der Waals surface area contributed by atoms with Gasteiger partial charge in [-0.25, -0.2) is 9.97 Å². The fraction of sp³-hybridized carbons (Fsp3) is 0.556. The molecule has 0 aromatic carbocycles. The summed E-state index contributed by atoms with van der Waals surface area (Å²) in [6.07, 6.45) is 0.909. The molecule has 4 heteroatoms. The molecule has 13 heavy (non-hydrogen) atoms. The minimum atomic E-state index is 0.618. The highest BCUT2D eigenvalue weighted by molar-refractivity contribution is 5.46. The molecule has 2 rings (SSSR count). The Morgan fingerprint density at radius 1 is 1.38 bits per heavy atom. The van der Waals surface area contributed by atoms with E-state index in [9.17, 15) is 0 Å². The summed E-state index contributed by atoms with van der Waals surface area (Å²) in [7, 11) is 1.89. The number of nitrogens with zero attached hydrogens (tertiary/aromatic N) is 2. The third-order valence-corrected chi connectivity index (χ3v) is 2.18. The predicted molar refractivity (Wildman–Crippen MR) is 49.7 cm³/mol. The van der Waals surface area contributed by atoms with Crippen molar-refractivity contribution in [3.63, 3.8) is 0 Å². The second-order valence-corrected chi connectivity index (χ2v) is 3.10. The van der Waals surface area contributed by atoms with Crippen molar-refractivity contribution in [3.05, 3.63) is 17.1 Å². The van der Waals surface area contributed by atoms with Gasteiger partial charge >= 0.3 is 0 Å². The Kier molecular flexibility index (Phi) is 2.14. The van der Waals surface area contributed by atoms with Crippen molar-refractivity contribution in [2.75, 3.05) is 19.0 Å². The third kappa shape index (κ3) is 1.49. The van der Waals surface area contributed by atoms with Crippen molar-refractivity contribution in [3.8, 4) is 0 Å². The lowest BCUT2D eigenvalue weighted by Crippen LogP contribution is -2.16. The van der Waals surface area contributed by atoms with E-state index in [0.717, 1.165) is 30.4 Å². The van der Waals surface area contributed by atoms with Crippen LogP contribution in [-0.4, -0.2) is 23.6 Å². The molecule has 1 aliphatic heterocycles. The van der Waals surface area contributed by atoms with E-state index >= 15 is 0 Å². The second-order valence-electron chi connectivity index (χ2n) is 3.10. The Bertz CT molecular complexity index is 308. The van der Waals surface area contributed by atoms with Gasteiger partial charge in [0.05, 0.1) is 18.9 Å². The normalized spacial score (nSPS) is 15.2. The molecule has 1 aliphatic rings. The van der Waals surface area contributed by atoms with Crippen LogP contribution < -0.4 is 5.32 Å². The van der Waals surface area contributed by atoms with E-state index in [-0.39, 0.29) is 0 Å². The number of hydrogen-bond donors (Lipinski definition) is 1. The van der Waals surface area contributed by atoms with Gasteiger partial charge in [-0.2, -0.15) is 0 Å². The van der Waals surface area contributed by atoms with E-state index in [4.69, 9.17) is 4.74 Å². The number of fused-ring (bicyclic) bond motifs is 1. The smallest absolute Gasteiger partial charge is 0.133 e. The summed E-state index contributed by atoms with van der Waals surface area (Å²) < 4.78 is 5.33. The largest absolute Gasteiger partial charge is 0.375 e. The van der Waals surface area contributed by atoms with E-state index in [0.29, 0.717) is 6.61 Å². The first-order valence-electron chi connectivity index (χ1n) is 4.43. The van der Waals surface area contributed by atoms with E-state index < -0.39 is 0 Å². The molecule has 0 saturated carbocycles. The van der Waals surface area contributed by atoms with Crippen LogP contribution in [0.3, 0.4) is 0 Å². The lowest BCUT2D eigenvalue weighted by Gasteiger charge is -2.18. The van der Waals surface area contributed by atoms with Crippen LogP contribution in [0.5, 0.6) is 0 Å². The van der Waals surface area contributed by atoms with Gasteiger partial charge in [-0.05, 0) is 6.92 Å². The van der Waals surface area contributed by atoms with Gasteiger partial charge in [0.15, 0.2) is 0 Å². The first-order valence-corrected chi connectivity index (χ1v) is 4.43. The number of aromatic nitrogens is 2. The summed E-state index contributed by atoms with van der Waals surface area (Å²) in [6.45, 7) is 3.29. The number of ether oxygens (including phenoxy) is 1. The Hall–Kier alpha value is -1.16. The maximum Gasteiger partial charge on any atom is 0.133 e. The number of rotatable bonds is 1. The van der Waals surface area contributed by atoms with Gasteiger partial charge in [0.25, 0.3) is 0 Å². The van der Waals surface area contributed by atoms with Crippen LogP contribution in [-0.2, 0) is 17.8 Å². The van der Waals surface area contributed by atoms with Gasteiger partial charge < -0.3 is 10.1 Å². The highest BCUT2D eigenvalue weighted by Crippen LogP contribution is 2.21. The third-order valence-electron chi connectivity index (χ3n) is 2.18. The van der Waals surface area contributed by atoms with Gasteiger partial charge in [0.2, 0.25) is 0 Å². The topological polar surface area (TPSA) is 47.0 Å². The number of hydrogen-bond acceptors (Lipinski definition) is 4. The van der Waals surface area contributed by atoms with Crippen molar-refractivity contribution >= 4 is 5.82 Å². The number of aryl methyl sites for hydroxylation is 1. The zero-order valence-electron chi connectivity index (χ0n) is 7.92. The van der Waals surface area contributed by atoms with Crippen molar-refractivity contribution < 1.29 is 4.74 Å². The van der Waals surface area contributed by atoms with E-state index in [1.807, 2.05) is 14.0 Å². The van der Waals surface area contributed by atoms with Crippen molar-refractivity contribution in [1.29, 1.82) is 0 Å². The molecule has 1 aromatic rings. The van der Waals surface area contributed by atoms with E-state index in [1.165, 1.54) is 5.56 Å². The molecule has 70 valence electrons. The zero-order valence-corrected chi connectivity index (χ0v) is 7.92. The fourth-order valence-corrected chi connectivity index (χ4v) is 1.59. The van der Waals surface area contributed by atoms with Crippen molar-refractivity contribution in [2.24, 2.45) is 0 Å². The average molecular weight is 179 g/mol. The molecule has 0 amide bonds. The van der Waals surface area contributed by atoms with Crippen molar-refractivity contribution in [2.45, 2.75) is 20.0 Å². The van der Waals surface area contributed by atoms with Crippen LogP contribution >= 0.6 is 0 Å². The van der Waals surface area contributed by atoms with E-state index in [1.54, 1.807) is 0 Å². The lowest BCUT2D eigenvalue weighted by atomic mass is 10.1. The average Bonchev–Trinajstić information content (AvgIpc) is 2.16. The Morgan fingerprint density at radius 2 is 2.23 bits per heavy atom. The maximum absolute atomic E-state index is 5.33. The van der Waals surface area contributed by atoms with E-state index in [2.05, 4.69) is 15.3 Å². The van der Waals surface area contributed by atoms with Crippen LogP contribution in [0, 0.1) is 6.92 Å². The van der Waals surface area contributed by atoms with Gasteiger partial charge in [-0.3, -0.25) is 0 Å². The summed E-state index contributed by atoms with van der Waals surface area (Å²) in [6, 6.07) is 0. The molecular weight excluding hydrogens is 166 g/mol. The summed E-state index contributed by atoms with van der Waals surface area (Å²) in [4.78, 5) is 8.67. The molecule has 0 bridgehead atoms. The number of anilines is 1. The fourth-order valence-electron chi connectivity index (χ4n) is 1.59. The van der Waals surface area contributed by atoms with Gasteiger partial charge in [0, 0.05) is 19.0 Å². The van der Waals surface area contributed by atoms with Crippen LogP contribution in [0.4, 0.5) is 5.82 Å². The molecule has 0 radical (unpaired) electrons. The summed E-state index contributed by atoms with van der Waals surface area (Å²) >= 11 is 0. The molecule has 0 aliphatic carbocycles. The van der Waals surface area contributed by atoms with Crippen LogP contribution in [0.1, 0.15) is 17.1 Å². The Balaban J connectivity index is 2.50. The molecular formula is C9H13N3O. The zero-order chi connectivity index (χ0) is 9.26. The molecule has 0 fully saturated rings. The highest BCUT2D eigenvalue weighted by atomic mass is 16.5. The standard InChI is InChI=1S/C9H13N3O/c1-6-11-8-5-13-4-3-7(8)9(10-2)12-6/h3-5H2,1-2H3,(H,10,11,12). The molecule has 1 N–H and O–H groups in total. The monoisotopic (exact) mass is 179 g/mol. The van der Waals surface area contributed by atoms with Crippen LogP contribution in [0.15, 0.2) is 0 Å². The predicted octanol–water partition coefficient (Wildman–Crippen LogP) is 0.899. The first-order chi connectivity index (χ1) is 6.31. The molecule has 0 saturated heterocycles. The number of nitrogens with one attached hydrogen (secondary N) is 1. The Morgan fingerprint density at radius 3 is 3.00 bits per heavy atom. The molecule has 4 nitrogen and oxygen atoms in total. The molecule has 0 atom stereocenters. The van der Waals surface area contributed by atoms with Crippen molar-refractivity contribution in [1.82, 2.24) is 9.97 Å². The molecule has 1 aromatic heterocycles. The summed E-state index contributed by atoms with van der Waals surface area (Å²) in [5.41, 5.74) is 2.24. The van der Waals surface area contributed by atoms with Gasteiger partial charge in [-0.15, -0.1) is 0 Å². The second kappa shape index (κ2) is 3.30. The minimum Gasteiger partial charge on any atom is -0.375 e. The molecule has 0 unspecified atom stereocenters. The van der Waals surface area contributed by atoms with Gasteiger partial charge in [0.1, 0.15) is 11.6 Å². The SMILES string of the molecule is CNc1nc(C)nc2c1CCOC2. The summed E-state index contributed by atoms with van der Waals surface area (Å²) in [5.74, 6) is 1.75. The van der Waals surface area contributed by atoms with Crippen LogP contribution in [0.2, 0.25) is 0 Å². The summed E-state index contributed by atoms with van der Waals surface area (Å²) in [5, 5.41) is 3.09. The maximum atomic E-state index is 5.33. The quantitative estimate of drug-likeness (QED) is 0.695. The highest BCUT2D eigenvalue weighted by Gasteiger charge is 2.15. The first kappa shape index (κ1) is 8.44. The van der Waals surface area contributed by atoms with Gasteiger partial charge in [-0.1, -0.05) is 0 Å². The lowest BCUT2D eigenvalue weighted by molar-refractivity contribution is 0.107.